The molecule has 10 nitrogen and oxygen atoms in total. The summed E-state index contributed by atoms with van der Waals surface area (Å²) in [5.41, 5.74) is 0. The number of ether oxygens (including phenoxy) is 2. The van der Waals surface area contributed by atoms with Crippen molar-refractivity contribution in [3.05, 3.63) is 48.6 Å². The summed E-state index contributed by atoms with van der Waals surface area (Å²) >= 11 is 0. The van der Waals surface area contributed by atoms with E-state index >= 15 is 0 Å². The highest BCUT2D eigenvalue weighted by Gasteiger charge is 2.44. The topological polar surface area (TPSA) is 169 Å². The Balaban J connectivity index is 2.11. The summed E-state index contributed by atoms with van der Waals surface area (Å²) in [5, 5.41) is 65.1. The average molecular weight is 1120 g/mol. The Labute approximate surface area is 486 Å². The summed E-state index contributed by atoms with van der Waals surface area (Å²) in [5.74, 6) is -0.623. The summed E-state index contributed by atoms with van der Waals surface area (Å²) in [6.45, 7) is 3.63. The molecule has 10 heteroatoms. The van der Waals surface area contributed by atoms with Crippen LogP contribution in [0.4, 0.5) is 0 Å². The van der Waals surface area contributed by atoms with Crippen molar-refractivity contribution in [1.29, 1.82) is 0 Å². The van der Waals surface area contributed by atoms with E-state index in [1.165, 1.54) is 250 Å². The minimum absolute atomic E-state index is 0.304. The number of hydrogen-bond acceptors (Lipinski definition) is 9. The van der Waals surface area contributed by atoms with Gasteiger partial charge in [0.1, 0.15) is 30.5 Å². The molecule has 1 fully saturated rings. The van der Waals surface area contributed by atoms with Crippen molar-refractivity contribution >= 4 is 5.91 Å². The molecule has 1 rings (SSSR count). The van der Waals surface area contributed by atoms with Crippen molar-refractivity contribution in [2.75, 3.05) is 13.2 Å². The molecule has 0 aromatic rings. The third kappa shape index (κ3) is 46.2. The number of carbonyl (C=O) groups excluding carboxylic acids is 1. The lowest BCUT2D eigenvalue weighted by atomic mass is 9.99. The number of aliphatic hydroxyl groups excluding tert-OH is 6. The molecule has 0 spiro atoms. The van der Waals surface area contributed by atoms with Crippen LogP contribution in [0.2, 0.25) is 0 Å². The highest BCUT2D eigenvalue weighted by molar-refractivity contribution is 5.80. The molecule has 0 aromatic carbocycles. The highest BCUT2D eigenvalue weighted by atomic mass is 16.7. The lowest BCUT2D eigenvalue weighted by molar-refractivity contribution is -0.302. The van der Waals surface area contributed by atoms with Gasteiger partial charge in [-0.15, -0.1) is 0 Å². The van der Waals surface area contributed by atoms with Gasteiger partial charge < -0.3 is 45.4 Å². The average Bonchev–Trinajstić information content (AvgIpc) is 3.45. The van der Waals surface area contributed by atoms with Crippen molar-refractivity contribution in [3.8, 4) is 0 Å². The molecule has 0 saturated carbocycles. The molecule has 1 saturated heterocycles. The molecule has 1 aliphatic heterocycles. The van der Waals surface area contributed by atoms with Gasteiger partial charge in [-0.3, -0.25) is 4.79 Å². The Morgan fingerprint density at radius 3 is 1.18 bits per heavy atom. The van der Waals surface area contributed by atoms with E-state index in [1.807, 2.05) is 6.08 Å². The zero-order chi connectivity index (χ0) is 57.3. The van der Waals surface area contributed by atoms with Crippen molar-refractivity contribution in [2.45, 2.75) is 371 Å². The lowest BCUT2D eigenvalue weighted by Crippen LogP contribution is -2.60. The second-order valence-electron chi connectivity index (χ2n) is 23.8. The fourth-order valence-electron chi connectivity index (χ4n) is 10.8. The molecule has 8 atom stereocenters. The van der Waals surface area contributed by atoms with Gasteiger partial charge in [-0.2, -0.15) is 0 Å². The minimum Gasteiger partial charge on any atom is -0.394 e. The first kappa shape index (κ1) is 75.1. The van der Waals surface area contributed by atoms with E-state index < -0.39 is 61.5 Å². The minimum atomic E-state index is -1.62. The number of carbonyl (C=O) groups is 1. The lowest BCUT2D eigenvalue weighted by Gasteiger charge is -2.40. The molecule has 0 aliphatic carbocycles. The Bertz CT molecular complexity index is 1400. The maximum Gasteiger partial charge on any atom is 0.249 e. The number of nitrogens with one attached hydrogen (secondary N) is 1. The van der Waals surface area contributed by atoms with Crippen molar-refractivity contribution < 1.29 is 44.9 Å². The van der Waals surface area contributed by atoms with Crippen LogP contribution in [0.5, 0.6) is 0 Å². The van der Waals surface area contributed by atoms with E-state index in [4.69, 9.17) is 9.47 Å². The molecule has 1 heterocycles. The van der Waals surface area contributed by atoms with Crippen LogP contribution >= 0.6 is 0 Å². The van der Waals surface area contributed by atoms with Crippen LogP contribution in [0.15, 0.2) is 48.6 Å². The molecule has 8 unspecified atom stereocenters. The Hall–Kier alpha value is -1.89. The first-order valence-corrected chi connectivity index (χ1v) is 34.0. The van der Waals surface area contributed by atoms with Crippen LogP contribution in [0.1, 0.15) is 322 Å². The summed E-state index contributed by atoms with van der Waals surface area (Å²) < 4.78 is 11.2. The quantitative estimate of drug-likeness (QED) is 0.0232. The number of unbranched alkanes of at least 4 members (excludes halogenated alkanes) is 42. The summed E-state index contributed by atoms with van der Waals surface area (Å²) in [6.07, 6.45) is 68.3. The molecule has 0 bridgehead atoms. The van der Waals surface area contributed by atoms with Gasteiger partial charge in [-0.25, -0.2) is 0 Å². The fraction of sp³-hybridized carbons (Fsp3) is 0.870. The van der Waals surface area contributed by atoms with E-state index in [1.54, 1.807) is 6.08 Å². The molecule has 0 aromatic heterocycles. The maximum absolute atomic E-state index is 13.2. The molecule has 1 aliphatic rings. The van der Waals surface area contributed by atoms with E-state index in [-0.39, 0.29) is 6.61 Å². The van der Waals surface area contributed by atoms with Gasteiger partial charge in [-0.1, -0.05) is 306 Å². The predicted octanol–water partition coefficient (Wildman–Crippen LogP) is 17.0. The van der Waals surface area contributed by atoms with Crippen LogP contribution in [-0.4, -0.2) is 98.7 Å². The third-order valence-corrected chi connectivity index (χ3v) is 16.2. The number of allylic oxidation sites excluding steroid dienone is 7. The van der Waals surface area contributed by atoms with Gasteiger partial charge in [0.15, 0.2) is 6.29 Å². The molecular formula is C69H129NO9. The fourth-order valence-corrected chi connectivity index (χ4v) is 10.8. The predicted molar refractivity (Wildman–Crippen MR) is 333 cm³/mol. The van der Waals surface area contributed by atoms with Gasteiger partial charge in [0, 0.05) is 0 Å². The van der Waals surface area contributed by atoms with Gasteiger partial charge in [0.2, 0.25) is 5.91 Å². The van der Waals surface area contributed by atoms with E-state index in [2.05, 4.69) is 55.6 Å². The first-order valence-electron chi connectivity index (χ1n) is 34.0. The number of rotatable bonds is 59. The van der Waals surface area contributed by atoms with Gasteiger partial charge in [0.25, 0.3) is 0 Å². The van der Waals surface area contributed by atoms with Gasteiger partial charge in [-0.05, 0) is 64.2 Å². The standard InChI is InChI=1S/C69H129NO9/c1-3-5-7-9-11-13-15-17-19-21-22-23-24-25-26-27-28-29-30-31-32-33-34-35-36-37-38-39-40-41-42-44-46-48-50-52-54-56-58-63(73)68(77)70-61(60-78-69-67(76)66(75)65(74)64(59-71)79-69)62(72)57-55-53-51-49-47-45-43-20-18-16-14-12-10-8-6-4-2/h28-29,31-32,47,49,55,57,61-67,69,71-76H,3-27,30,33-46,48,50-54,56,58-60H2,1-2H3,(H,70,77)/b29-28-,32-31-,49-47+,57-55+. The number of aliphatic hydroxyl groups is 6. The molecule has 79 heavy (non-hydrogen) atoms. The smallest absolute Gasteiger partial charge is 0.249 e. The van der Waals surface area contributed by atoms with Crippen LogP contribution < -0.4 is 5.32 Å². The van der Waals surface area contributed by atoms with Crippen LogP contribution in [-0.2, 0) is 14.3 Å². The second-order valence-corrected chi connectivity index (χ2v) is 23.8. The van der Waals surface area contributed by atoms with Crippen molar-refractivity contribution in [1.82, 2.24) is 5.32 Å². The molecule has 464 valence electrons. The SMILES string of the molecule is CCCCCCCCCCCC/C=C/CC/C=C/C(O)C(COC1OC(CO)C(O)C(O)C1O)NC(=O)C(O)CCCCCCCCCCCCCCCCCC/C=C\C/C=C\CCCCCCCCCCCCCCCCC. The zero-order valence-electron chi connectivity index (χ0n) is 51.5. The van der Waals surface area contributed by atoms with E-state index in [0.717, 1.165) is 38.5 Å². The van der Waals surface area contributed by atoms with E-state index in [9.17, 15) is 35.4 Å². The summed E-state index contributed by atoms with van der Waals surface area (Å²) in [7, 11) is 0. The molecule has 7 N–H and O–H groups in total. The van der Waals surface area contributed by atoms with Crippen molar-refractivity contribution in [3.63, 3.8) is 0 Å². The normalized spacial score (nSPS) is 19.2. The summed E-state index contributed by atoms with van der Waals surface area (Å²) in [6, 6.07) is -0.998. The Morgan fingerprint density at radius 2 is 0.785 bits per heavy atom. The summed E-state index contributed by atoms with van der Waals surface area (Å²) in [4.78, 5) is 13.2. The largest absolute Gasteiger partial charge is 0.394 e. The van der Waals surface area contributed by atoms with Gasteiger partial charge >= 0.3 is 0 Å². The number of amides is 1. The molecule has 0 radical (unpaired) electrons. The zero-order valence-corrected chi connectivity index (χ0v) is 51.5. The van der Waals surface area contributed by atoms with Crippen LogP contribution in [0.3, 0.4) is 0 Å². The molecular weight excluding hydrogens is 987 g/mol. The third-order valence-electron chi connectivity index (χ3n) is 16.2. The first-order chi connectivity index (χ1) is 38.8. The maximum atomic E-state index is 13.2. The van der Waals surface area contributed by atoms with E-state index in [0.29, 0.717) is 19.3 Å². The number of hydrogen-bond donors (Lipinski definition) is 7. The Kier molecular flexibility index (Phi) is 55.1. The second kappa shape index (κ2) is 57.9. The van der Waals surface area contributed by atoms with Crippen molar-refractivity contribution in [2.24, 2.45) is 0 Å². The monoisotopic (exact) mass is 1120 g/mol. The van der Waals surface area contributed by atoms with Crippen LogP contribution in [0, 0.1) is 0 Å². The van der Waals surface area contributed by atoms with Crippen LogP contribution in [0.25, 0.3) is 0 Å². The van der Waals surface area contributed by atoms with Gasteiger partial charge in [0.05, 0.1) is 25.4 Å². The molecule has 1 amide bonds. The highest BCUT2D eigenvalue weighted by Crippen LogP contribution is 2.23. The Morgan fingerprint density at radius 1 is 0.443 bits per heavy atom.